The van der Waals surface area contributed by atoms with Crippen molar-refractivity contribution in [3.8, 4) is 11.5 Å². The molecule has 0 aliphatic carbocycles. The average Bonchev–Trinajstić information content (AvgIpc) is 3.09. The zero-order chi connectivity index (χ0) is 24.9. The maximum Gasteiger partial charge on any atom is 0.332 e. The number of carbonyl (C=O) groups is 3. The Morgan fingerprint density at radius 2 is 1.46 bits per heavy atom. The fourth-order valence-electron chi connectivity index (χ4n) is 3.83. The van der Waals surface area contributed by atoms with Gasteiger partial charge in [0.25, 0.3) is 5.91 Å². The first-order valence-electron chi connectivity index (χ1n) is 10.9. The second kappa shape index (κ2) is 10.5. The summed E-state index contributed by atoms with van der Waals surface area (Å²) in [5.41, 5.74) is 1.75. The van der Waals surface area contributed by atoms with E-state index >= 15 is 0 Å². The SMILES string of the molecule is COc1ccc(CN2C(=O)N(c3ccc(OC)cc3)C(=O)[C@@H]2CC(=O)Nc2ccc(Cl)cc2)cc1. The van der Waals surface area contributed by atoms with Crippen LogP contribution in [0.3, 0.4) is 0 Å². The molecule has 0 bridgehead atoms. The van der Waals surface area contributed by atoms with Crippen LogP contribution < -0.4 is 19.7 Å². The summed E-state index contributed by atoms with van der Waals surface area (Å²) in [5, 5.41) is 3.30. The molecule has 1 N–H and O–H groups in total. The van der Waals surface area contributed by atoms with Gasteiger partial charge in [0, 0.05) is 17.3 Å². The third kappa shape index (κ3) is 5.38. The van der Waals surface area contributed by atoms with Crippen LogP contribution in [-0.4, -0.2) is 43.0 Å². The molecular formula is C26H24ClN3O5. The molecule has 1 atom stereocenters. The van der Waals surface area contributed by atoms with Crippen LogP contribution in [-0.2, 0) is 16.1 Å². The highest BCUT2D eigenvalue weighted by molar-refractivity contribution is 6.30. The lowest BCUT2D eigenvalue weighted by Crippen LogP contribution is -2.37. The van der Waals surface area contributed by atoms with Gasteiger partial charge in [-0.3, -0.25) is 9.59 Å². The second-order valence-electron chi connectivity index (χ2n) is 7.91. The molecule has 0 radical (unpaired) electrons. The van der Waals surface area contributed by atoms with Crippen LogP contribution in [0.25, 0.3) is 0 Å². The minimum absolute atomic E-state index is 0.153. The molecule has 1 heterocycles. The normalized spacial score (nSPS) is 15.3. The molecule has 1 aliphatic heterocycles. The number of anilines is 2. The topological polar surface area (TPSA) is 88.2 Å². The molecule has 0 saturated carbocycles. The zero-order valence-electron chi connectivity index (χ0n) is 19.2. The fraction of sp³-hybridized carbons (Fsp3) is 0.192. The van der Waals surface area contributed by atoms with E-state index in [0.717, 1.165) is 10.5 Å². The summed E-state index contributed by atoms with van der Waals surface area (Å²) in [6.07, 6.45) is -0.198. The average molecular weight is 494 g/mol. The van der Waals surface area contributed by atoms with Gasteiger partial charge >= 0.3 is 6.03 Å². The number of ether oxygens (including phenoxy) is 2. The van der Waals surface area contributed by atoms with Crippen molar-refractivity contribution < 1.29 is 23.9 Å². The van der Waals surface area contributed by atoms with Gasteiger partial charge in [-0.2, -0.15) is 0 Å². The zero-order valence-corrected chi connectivity index (χ0v) is 20.0. The highest BCUT2D eigenvalue weighted by Crippen LogP contribution is 2.30. The monoisotopic (exact) mass is 493 g/mol. The molecule has 3 aromatic rings. The Balaban J connectivity index is 1.59. The summed E-state index contributed by atoms with van der Waals surface area (Å²) >= 11 is 5.91. The van der Waals surface area contributed by atoms with Gasteiger partial charge in [-0.15, -0.1) is 0 Å². The number of carbonyl (C=O) groups excluding carboxylic acids is 3. The molecule has 180 valence electrons. The van der Waals surface area contributed by atoms with Gasteiger partial charge in [0.2, 0.25) is 5.91 Å². The maximum atomic E-state index is 13.4. The number of hydrogen-bond acceptors (Lipinski definition) is 5. The Morgan fingerprint density at radius 3 is 2.03 bits per heavy atom. The Kier molecular flexibility index (Phi) is 7.22. The number of imide groups is 1. The summed E-state index contributed by atoms with van der Waals surface area (Å²) in [4.78, 5) is 42.2. The lowest BCUT2D eigenvalue weighted by Gasteiger charge is -2.22. The van der Waals surface area contributed by atoms with Gasteiger partial charge in [0.15, 0.2) is 0 Å². The lowest BCUT2D eigenvalue weighted by atomic mass is 10.1. The Bertz CT molecular complexity index is 1210. The number of urea groups is 1. The standard InChI is InChI=1S/C26H24ClN3O5/c1-34-21-11-3-17(4-12-21)16-29-23(15-24(31)28-19-7-5-18(27)6-8-19)25(32)30(26(29)33)20-9-13-22(35-2)14-10-20/h3-14,23H,15-16H2,1-2H3,(H,28,31)/t23-/m0/s1. The molecule has 3 aromatic carbocycles. The van der Waals surface area contributed by atoms with Gasteiger partial charge < -0.3 is 19.7 Å². The van der Waals surface area contributed by atoms with E-state index in [2.05, 4.69) is 5.32 Å². The predicted octanol–water partition coefficient (Wildman–Crippen LogP) is 4.72. The first-order valence-corrected chi connectivity index (χ1v) is 11.2. The second-order valence-corrected chi connectivity index (χ2v) is 8.34. The van der Waals surface area contributed by atoms with Crippen molar-refractivity contribution in [1.82, 2.24) is 4.90 Å². The van der Waals surface area contributed by atoms with Gasteiger partial charge in [0.05, 0.1) is 26.3 Å². The molecule has 1 fully saturated rings. The van der Waals surface area contributed by atoms with E-state index in [1.807, 2.05) is 12.1 Å². The molecule has 1 aliphatic rings. The van der Waals surface area contributed by atoms with Crippen LogP contribution in [0.4, 0.5) is 16.2 Å². The van der Waals surface area contributed by atoms with Crippen molar-refractivity contribution in [3.63, 3.8) is 0 Å². The van der Waals surface area contributed by atoms with Gasteiger partial charge in [-0.1, -0.05) is 23.7 Å². The first kappa shape index (κ1) is 24.1. The Morgan fingerprint density at radius 1 is 0.886 bits per heavy atom. The molecule has 4 amide bonds. The van der Waals surface area contributed by atoms with Gasteiger partial charge in [-0.25, -0.2) is 9.69 Å². The van der Waals surface area contributed by atoms with Crippen LogP contribution in [0.5, 0.6) is 11.5 Å². The van der Waals surface area contributed by atoms with E-state index < -0.39 is 23.9 Å². The highest BCUT2D eigenvalue weighted by Gasteiger charge is 2.46. The van der Waals surface area contributed by atoms with E-state index in [4.69, 9.17) is 21.1 Å². The fourth-order valence-corrected chi connectivity index (χ4v) is 3.96. The molecule has 8 nitrogen and oxygen atoms in total. The largest absolute Gasteiger partial charge is 0.497 e. The molecule has 4 rings (SSSR count). The van der Waals surface area contributed by atoms with Crippen molar-refractivity contribution in [2.24, 2.45) is 0 Å². The highest BCUT2D eigenvalue weighted by atomic mass is 35.5. The third-order valence-corrected chi connectivity index (χ3v) is 5.92. The first-order chi connectivity index (χ1) is 16.9. The Labute approximate surface area is 208 Å². The summed E-state index contributed by atoms with van der Waals surface area (Å²) in [6, 6.07) is 19.0. The van der Waals surface area contributed by atoms with E-state index in [-0.39, 0.29) is 13.0 Å². The number of methoxy groups -OCH3 is 2. The molecule has 0 aromatic heterocycles. The molecule has 9 heteroatoms. The van der Waals surface area contributed by atoms with Crippen molar-refractivity contribution in [1.29, 1.82) is 0 Å². The van der Waals surface area contributed by atoms with Crippen LogP contribution >= 0.6 is 11.6 Å². The van der Waals surface area contributed by atoms with Gasteiger partial charge in [-0.05, 0) is 66.2 Å². The summed E-state index contributed by atoms with van der Waals surface area (Å²) in [5.74, 6) is 0.410. The van der Waals surface area contributed by atoms with Crippen LogP contribution in [0, 0.1) is 0 Å². The molecule has 0 spiro atoms. The van der Waals surface area contributed by atoms with E-state index in [1.165, 1.54) is 12.0 Å². The molecule has 1 saturated heterocycles. The van der Waals surface area contributed by atoms with Crippen molar-refractivity contribution in [2.45, 2.75) is 19.0 Å². The van der Waals surface area contributed by atoms with Crippen LogP contribution in [0.2, 0.25) is 5.02 Å². The van der Waals surface area contributed by atoms with E-state index in [9.17, 15) is 14.4 Å². The third-order valence-electron chi connectivity index (χ3n) is 5.67. The number of nitrogens with one attached hydrogen (secondary N) is 1. The smallest absolute Gasteiger partial charge is 0.332 e. The summed E-state index contributed by atoms with van der Waals surface area (Å²) < 4.78 is 10.4. The summed E-state index contributed by atoms with van der Waals surface area (Å²) in [6.45, 7) is 0.153. The van der Waals surface area contributed by atoms with Crippen LogP contribution in [0.15, 0.2) is 72.8 Å². The van der Waals surface area contributed by atoms with Crippen LogP contribution in [0.1, 0.15) is 12.0 Å². The minimum atomic E-state index is -0.973. The molecular weight excluding hydrogens is 470 g/mol. The Hall–Kier alpha value is -4.04. The predicted molar refractivity (Wildman–Crippen MR) is 133 cm³/mol. The lowest BCUT2D eigenvalue weighted by molar-refractivity contribution is -0.124. The molecule has 0 unspecified atom stereocenters. The number of hydrogen-bond donors (Lipinski definition) is 1. The maximum absolute atomic E-state index is 13.4. The van der Waals surface area contributed by atoms with Gasteiger partial charge in [0.1, 0.15) is 17.5 Å². The molecule has 35 heavy (non-hydrogen) atoms. The van der Waals surface area contributed by atoms with Crippen molar-refractivity contribution in [3.05, 3.63) is 83.4 Å². The number of nitrogens with zero attached hydrogens (tertiary/aromatic N) is 2. The minimum Gasteiger partial charge on any atom is -0.497 e. The van der Waals surface area contributed by atoms with E-state index in [1.54, 1.807) is 67.8 Å². The number of rotatable bonds is 8. The quantitative estimate of drug-likeness (QED) is 0.458. The van der Waals surface area contributed by atoms with Crippen molar-refractivity contribution >= 4 is 40.8 Å². The van der Waals surface area contributed by atoms with Crippen molar-refractivity contribution in [2.75, 3.05) is 24.4 Å². The number of halogens is 1. The summed E-state index contributed by atoms with van der Waals surface area (Å²) in [7, 11) is 3.10. The number of benzene rings is 3. The van der Waals surface area contributed by atoms with E-state index in [0.29, 0.717) is 27.9 Å². The number of amides is 4.